The fourth-order valence-corrected chi connectivity index (χ4v) is 7.41. The summed E-state index contributed by atoms with van der Waals surface area (Å²) in [6.45, 7) is 0.239. The summed E-state index contributed by atoms with van der Waals surface area (Å²) in [6.07, 6.45) is 6.13. The van der Waals surface area contributed by atoms with Crippen LogP contribution in [0.4, 0.5) is 0 Å². The van der Waals surface area contributed by atoms with Gasteiger partial charge >= 0.3 is 0 Å². The lowest BCUT2D eigenvalue weighted by Gasteiger charge is -2.29. The number of hydrogen-bond donors (Lipinski definition) is 1. The Balaban J connectivity index is 1.29. The first-order chi connectivity index (χ1) is 16.5. The normalized spacial score (nSPS) is 34.3. The molecule has 6 rings (SSSR count). The number of likely N-dealkylation sites (tertiary alicyclic amines) is 1. The highest BCUT2D eigenvalue weighted by Crippen LogP contribution is 2.59. The molecule has 10 heteroatoms. The minimum Gasteiger partial charge on any atom is -0.366 e. The third kappa shape index (κ3) is 3.39. The molecule has 0 aromatic carbocycles. The SMILES string of the molecule is O=C(NC1(C(=O)N2C[C@H](Cl)[C@H]3OCC(=O)[C@H]32)C2CCCCCC21)c1ccc(-c2cccnn2)s1. The van der Waals surface area contributed by atoms with Gasteiger partial charge in [0.25, 0.3) is 5.91 Å². The van der Waals surface area contributed by atoms with Crippen LogP contribution in [-0.2, 0) is 14.3 Å². The average Bonchev–Trinajstić information content (AvgIpc) is 3.16. The Kier molecular flexibility index (Phi) is 5.46. The number of rotatable bonds is 4. The molecule has 5 atom stereocenters. The molecular formula is C24H25ClN4O4S. The first kappa shape index (κ1) is 22.1. The molecular weight excluding hydrogens is 476 g/mol. The Morgan fingerprint density at radius 2 is 1.97 bits per heavy atom. The number of Topliss-reactive ketones (excluding diaryl/α,β-unsaturated/α-hetero) is 1. The zero-order valence-electron chi connectivity index (χ0n) is 18.5. The number of thiophene rings is 1. The largest absolute Gasteiger partial charge is 0.366 e. The van der Waals surface area contributed by atoms with Gasteiger partial charge in [-0.3, -0.25) is 14.4 Å². The monoisotopic (exact) mass is 500 g/mol. The van der Waals surface area contributed by atoms with Crippen LogP contribution in [0.2, 0.25) is 0 Å². The highest BCUT2D eigenvalue weighted by Gasteiger charge is 2.72. The highest BCUT2D eigenvalue weighted by molar-refractivity contribution is 7.17. The summed E-state index contributed by atoms with van der Waals surface area (Å²) in [5.41, 5.74) is -0.285. The molecule has 2 aliphatic heterocycles. The van der Waals surface area contributed by atoms with Gasteiger partial charge in [-0.15, -0.1) is 28.0 Å². The topological polar surface area (TPSA) is 101 Å². The van der Waals surface area contributed by atoms with Crippen LogP contribution < -0.4 is 5.32 Å². The van der Waals surface area contributed by atoms with Gasteiger partial charge in [0.05, 0.1) is 15.1 Å². The van der Waals surface area contributed by atoms with Crippen LogP contribution in [0.5, 0.6) is 0 Å². The summed E-state index contributed by atoms with van der Waals surface area (Å²) in [7, 11) is 0. The second-order valence-electron chi connectivity index (χ2n) is 9.61. The lowest BCUT2D eigenvalue weighted by molar-refractivity contribution is -0.139. The molecule has 4 aliphatic rings. The molecule has 8 nitrogen and oxygen atoms in total. The Hall–Kier alpha value is -2.36. The van der Waals surface area contributed by atoms with Gasteiger partial charge in [-0.25, -0.2) is 0 Å². The van der Waals surface area contributed by atoms with Crippen LogP contribution in [-0.4, -0.2) is 68.9 Å². The molecule has 2 unspecified atom stereocenters. The predicted molar refractivity (Wildman–Crippen MR) is 125 cm³/mol. The van der Waals surface area contributed by atoms with Gasteiger partial charge in [0.2, 0.25) is 5.91 Å². The molecule has 2 aliphatic carbocycles. The van der Waals surface area contributed by atoms with E-state index in [1.165, 1.54) is 11.3 Å². The fourth-order valence-electron chi connectivity index (χ4n) is 6.18. The van der Waals surface area contributed by atoms with Gasteiger partial charge in [-0.2, -0.15) is 5.10 Å². The van der Waals surface area contributed by atoms with Gasteiger partial charge in [0.1, 0.15) is 30.0 Å². The average molecular weight is 501 g/mol. The Labute approximate surface area is 206 Å². The molecule has 1 N–H and O–H groups in total. The van der Waals surface area contributed by atoms with Crippen LogP contribution in [0.3, 0.4) is 0 Å². The zero-order valence-corrected chi connectivity index (χ0v) is 20.1. The van der Waals surface area contributed by atoms with Crippen molar-refractivity contribution < 1.29 is 19.1 Å². The molecule has 0 radical (unpaired) electrons. The molecule has 4 fully saturated rings. The van der Waals surface area contributed by atoms with E-state index in [2.05, 4.69) is 15.5 Å². The number of nitrogens with one attached hydrogen (secondary N) is 1. The van der Waals surface area contributed by atoms with Crippen molar-refractivity contribution in [3.05, 3.63) is 35.3 Å². The van der Waals surface area contributed by atoms with Crippen LogP contribution in [0.1, 0.15) is 41.8 Å². The molecule has 178 valence electrons. The van der Waals surface area contributed by atoms with Crippen LogP contribution in [0.15, 0.2) is 30.5 Å². The number of carbonyl (C=O) groups excluding carboxylic acids is 3. The summed E-state index contributed by atoms with van der Waals surface area (Å²) < 4.78 is 5.58. The van der Waals surface area contributed by atoms with Gasteiger partial charge in [0, 0.05) is 12.7 Å². The van der Waals surface area contributed by atoms with Crippen molar-refractivity contribution in [3.63, 3.8) is 0 Å². The van der Waals surface area contributed by atoms with E-state index in [1.54, 1.807) is 23.2 Å². The summed E-state index contributed by atoms with van der Waals surface area (Å²) >= 11 is 7.79. The maximum absolute atomic E-state index is 14.1. The van der Waals surface area contributed by atoms with Crippen molar-refractivity contribution in [2.45, 2.75) is 55.2 Å². The number of carbonyl (C=O) groups is 3. The maximum atomic E-state index is 14.1. The molecule has 2 aromatic rings. The molecule has 0 spiro atoms. The number of ether oxygens (including phenoxy) is 1. The summed E-state index contributed by atoms with van der Waals surface area (Å²) in [5, 5.41) is 10.7. The number of fused-ring (bicyclic) bond motifs is 2. The van der Waals surface area contributed by atoms with Crippen molar-refractivity contribution in [3.8, 4) is 10.6 Å². The quantitative estimate of drug-likeness (QED) is 0.648. The maximum Gasteiger partial charge on any atom is 0.262 e. The van der Waals surface area contributed by atoms with Gasteiger partial charge in [-0.1, -0.05) is 19.3 Å². The van der Waals surface area contributed by atoms with E-state index >= 15 is 0 Å². The number of hydrogen-bond acceptors (Lipinski definition) is 7. The van der Waals surface area contributed by atoms with Crippen molar-refractivity contribution in [2.24, 2.45) is 11.8 Å². The van der Waals surface area contributed by atoms with Gasteiger partial charge in [0.15, 0.2) is 5.78 Å². The lowest BCUT2D eigenvalue weighted by Crippen LogP contribution is -2.56. The highest BCUT2D eigenvalue weighted by atomic mass is 35.5. The van der Waals surface area contributed by atoms with E-state index in [0.29, 0.717) is 10.6 Å². The van der Waals surface area contributed by atoms with Crippen molar-refractivity contribution in [1.82, 2.24) is 20.4 Å². The first-order valence-electron chi connectivity index (χ1n) is 11.8. The third-order valence-electron chi connectivity index (χ3n) is 7.79. The van der Waals surface area contributed by atoms with Gasteiger partial charge < -0.3 is 15.0 Å². The first-order valence-corrected chi connectivity index (χ1v) is 13.1. The molecule has 2 aromatic heterocycles. The second-order valence-corrected chi connectivity index (χ2v) is 11.3. The van der Waals surface area contributed by atoms with E-state index in [1.807, 2.05) is 12.1 Å². The Morgan fingerprint density at radius 3 is 2.71 bits per heavy atom. The molecule has 4 heterocycles. The van der Waals surface area contributed by atoms with Crippen LogP contribution in [0.25, 0.3) is 10.6 Å². The minimum absolute atomic E-state index is 0.0189. The zero-order chi connectivity index (χ0) is 23.4. The van der Waals surface area contributed by atoms with Crippen molar-refractivity contribution in [1.29, 1.82) is 0 Å². The fraction of sp³-hybridized carbons (Fsp3) is 0.542. The van der Waals surface area contributed by atoms with E-state index in [-0.39, 0.29) is 42.6 Å². The third-order valence-corrected chi connectivity index (χ3v) is 9.28. The number of amides is 2. The van der Waals surface area contributed by atoms with Crippen LogP contribution >= 0.6 is 22.9 Å². The second kappa shape index (κ2) is 8.39. The van der Waals surface area contributed by atoms with Crippen molar-refractivity contribution >= 4 is 40.5 Å². The molecule has 2 saturated heterocycles. The predicted octanol–water partition coefficient (Wildman–Crippen LogP) is 2.67. The van der Waals surface area contributed by atoms with Gasteiger partial charge in [-0.05, 0) is 48.9 Å². The smallest absolute Gasteiger partial charge is 0.262 e. The number of ketones is 1. The molecule has 2 amide bonds. The Morgan fingerprint density at radius 1 is 1.18 bits per heavy atom. The molecule has 2 saturated carbocycles. The summed E-state index contributed by atoms with van der Waals surface area (Å²) in [4.78, 5) is 43.0. The number of nitrogens with zero attached hydrogens (tertiary/aromatic N) is 3. The van der Waals surface area contributed by atoms with Crippen LogP contribution in [0, 0.1) is 11.8 Å². The minimum atomic E-state index is -0.984. The molecule has 0 bridgehead atoms. The number of halogens is 1. The lowest BCUT2D eigenvalue weighted by atomic mass is 10.0. The Bertz CT molecular complexity index is 1130. The van der Waals surface area contributed by atoms with E-state index in [9.17, 15) is 14.4 Å². The number of aromatic nitrogens is 2. The van der Waals surface area contributed by atoms with E-state index in [4.69, 9.17) is 16.3 Å². The summed E-state index contributed by atoms with van der Waals surface area (Å²) in [5.74, 6) is -0.405. The standard InChI is InChI=1S/C24H25ClN4O4S/c25-15-11-29(20-17(30)12-33-21(15)20)23(32)24(13-5-2-1-3-6-14(13)24)27-22(31)19-9-8-18(34-19)16-7-4-10-26-28-16/h4,7-10,13-15,20-21H,1-3,5-6,11-12H2,(H,27,31)/t13?,14?,15-,20+,21+,24?/m0/s1. The van der Waals surface area contributed by atoms with E-state index in [0.717, 1.165) is 37.0 Å². The van der Waals surface area contributed by atoms with E-state index < -0.39 is 23.1 Å². The van der Waals surface area contributed by atoms with Crippen molar-refractivity contribution in [2.75, 3.05) is 13.2 Å². The number of alkyl halides is 1. The summed E-state index contributed by atoms with van der Waals surface area (Å²) in [6, 6.07) is 6.60. The molecule has 34 heavy (non-hydrogen) atoms.